The van der Waals surface area contributed by atoms with Crippen LogP contribution in [0.15, 0.2) is 45.6 Å². The third kappa shape index (κ3) is 5.15. The van der Waals surface area contributed by atoms with Crippen LogP contribution in [0.1, 0.15) is 20.8 Å². The molecule has 37 heavy (non-hydrogen) atoms. The summed E-state index contributed by atoms with van der Waals surface area (Å²) in [7, 11) is 0. The first-order valence-corrected chi connectivity index (χ1v) is 11.1. The van der Waals surface area contributed by atoms with Gasteiger partial charge in [0.05, 0.1) is 6.10 Å². The van der Waals surface area contributed by atoms with E-state index in [1.54, 1.807) is 0 Å². The van der Waals surface area contributed by atoms with Gasteiger partial charge in [0.25, 0.3) is 0 Å². The summed E-state index contributed by atoms with van der Waals surface area (Å²) < 4.78 is 27.7. The number of phenolic OH excluding ortho intramolecular Hbond substituents is 3. The van der Waals surface area contributed by atoms with Crippen LogP contribution in [0.4, 0.5) is 0 Å². The average molecular weight is 516 g/mol. The van der Waals surface area contributed by atoms with Gasteiger partial charge in [-0.1, -0.05) is 0 Å². The van der Waals surface area contributed by atoms with Crippen LogP contribution in [-0.4, -0.2) is 63.1 Å². The molecule has 12 nitrogen and oxygen atoms in total. The Morgan fingerprint density at radius 3 is 2.16 bits per heavy atom. The summed E-state index contributed by atoms with van der Waals surface area (Å²) >= 11 is 0. The van der Waals surface area contributed by atoms with E-state index in [9.17, 15) is 34.8 Å². The summed E-state index contributed by atoms with van der Waals surface area (Å²) in [6, 6.07) is 7.58. The molecule has 0 bridgehead atoms. The molecule has 0 spiro atoms. The standard InChI is InChI=1S/C25H24O12/c1-10-21(34-11(2)26)24(35-12(3)27)20(32)25(33-10)37-23-19(31)18-16(30)8-15(29)9-17(18)36-22(23)13-4-6-14(28)7-5-13/h4-10,20-21,24-25,28-30,32H,1-3H3/t10-,20+,21+,24-,25+/m1/s1. The van der Waals surface area contributed by atoms with Gasteiger partial charge in [0.2, 0.25) is 17.5 Å². The van der Waals surface area contributed by atoms with Crippen molar-refractivity contribution in [1.29, 1.82) is 0 Å². The summed E-state index contributed by atoms with van der Waals surface area (Å²) in [5.74, 6) is -3.14. The van der Waals surface area contributed by atoms with Gasteiger partial charge in [0.1, 0.15) is 28.2 Å². The molecular formula is C25H24O12. The normalized spacial score (nSPS) is 23.4. The largest absolute Gasteiger partial charge is 0.508 e. The maximum atomic E-state index is 13.5. The van der Waals surface area contributed by atoms with Gasteiger partial charge >= 0.3 is 11.9 Å². The zero-order valence-corrected chi connectivity index (χ0v) is 19.9. The van der Waals surface area contributed by atoms with Crippen LogP contribution in [0.25, 0.3) is 22.3 Å². The Labute approximate surface area is 209 Å². The Bertz CT molecular complexity index is 1390. The number of rotatable bonds is 5. The molecule has 12 heteroatoms. The van der Waals surface area contributed by atoms with Crippen molar-refractivity contribution in [3.63, 3.8) is 0 Å². The van der Waals surface area contributed by atoms with Crippen LogP contribution in [0.5, 0.6) is 23.0 Å². The quantitative estimate of drug-likeness (QED) is 0.362. The summed E-state index contributed by atoms with van der Waals surface area (Å²) in [4.78, 5) is 36.8. The van der Waals surface area contributed by atoms with Gasteiger partial charge in [-0.05, 0) is 31.2 Å². The maximum Gasteiger partial charge on any atom is 0.303 e. The van der Waals surface area contributed by atoms with Crippen molar-refractivity contribution in [3.8, 4) is 34.3 Å². The third-order valence-corrected chi connectivity index (χ3v) is 5.64. The van der Waals surface area contributed by atoms with E-state index in [1.165, 1.54) is 31.2 Å². The van der Waals surface area contributed by atoms with Gasteiger partial charge in [0.15, 0.2) is 24.1 Å². The van der Waals surface area contributed by atoms with Gasteiger partial charge in [-0.15, -0.1) is 0 Å². The smallest absolute Gasteiger partial charge is 0.303 e. The predicted molar refractivity (Wildman–Crippen MR) is 125 cm³/mol. The minimum atomic E-state index is -1.72. The summed E-state index contributed by atoms with van der Waals surface area (Å²) in [5, 5.41) is 40.5. The molecule has 4 N–H and O–H groups in total. The van der Waals surface area contributed by atoms with Crippen LogP contribution in [0.3, 0.4) is 0 Å². The van der Waals surface area contributed by atoms with Crippen molar-refractivity contribution in [3.05, 3.63) is 46.6 Å². The Hall–Kier alpha value is -4.29. The molecule has 2 aromatic carbocycles. The molecule has 2 heterocycles. The molecule has 5 atom stereocenters. The van der Waals surface area contributed by atoms with E-state index in [-0.39, 0.29) is 33.8 Å². The predicted octanol–water partition coefficient (Wildman–Crippen LogP) is 1.92. The summed E-state index contributed by atoms with van der Waals surface area (Å²) in [5.41, 5.74) is -0.761. The monoisotopic (exact) mass is 516 g/mol. The number of phenols is 3. The molecule has 1 aliphatic heterocycles. The molecule has 1 saturated heterocycles. The highest BCUT2D eigenvalue weighted by molar-refractivity contribution is 5.88. The number of carbonyl (C=O) groups excluding carboxylic acids is 2. The second-order valence-electron chi connectivity index (χ2n) is 8.44. The van der Waals surface area contributed by atoms with Crippen LogP contribution in [0.2, 0.25) is 0 Å². The lowest BCUT2D eigenvalue weighted by Crippen LogP contribution is -2.61. The fraction of sp³-hybridized carbons (Fsp3) is 0.320. The molecule has 0 unspecified atom stereocenters. The fourth-order valence-corrected chi connectivity index (χ4v) is 4.06. The minimum absolute atomic E-state index is 0.0646. The average Bonchev–Trinajstić information content (AvgIpc) is 2.80. The van der Waals surface area contributed by atoms with E-state index in [2.05, 4.69) is 0 Å². The minimum Gasteiger partial charge on any atom is -0.508 e. The van der Waals surface area contributed by atoms with Crippen molar-refractivity contribution in [2.24, 2.45) is 0 Å². The lowest BCUT2D eigenvalue weighted by Gasteiger charge is -2.41. The van der Waals surface area contributed by atoms with Gasteiger partial charge in [-0.25, -0.2) is 0 Å². The number of carbonyl (C=O) groups is 2. The van der Waals surface area contributed by atoms with Crippen molar-refractivity contribution < 1.29 is 53.4 Å². The zero-order valence-electron chi connectivity index (χ0n) is 19.9. The number of hydrogen-bond donors (Lipinski definition) is 4. The Kier molecular flexibility index (Phi) is 6.96. The maximum absolute atomic E-state index is 13.5. The van der Waals surface area contributed by atoms with Gasteiger partial charge in [-0.2, -0.15) is 0 Å². The van der Waals surface area contributed by atoms with E-state index in [0.29, 0.717) is 0 Å². The highest BCUT2D eigenvalue weighted by atomic mass is 16.7. The number of fused-ring (bicyclic) bond motifs is 1. The van der Waals surface area contributed by atoms with Crippen LogP contribution in [-0.2, 0) is 23.8 Å². The molecule has 0 saturated carbocycles. The van der Waals surface area contributed by atoms with E-state index in [0.717, 1.165) is 26.0 Å². The SMILES string of the molecule is CC(=O)O[C@@H]1[C@H](O)[C@H](Oc2c(-c3ccc(O)cc3)oc3cc(O)cc(O)c3c2=O)O[C@H](C)[C@@H]1OC(C)=O. The number of esters is 2. The molecule has 0 radical (unpaired) electrons. The highest BCUT2D eigenvalue weighted by Gasteiger charge is 2.49. The molecule has 1 fully saturated rings. The fourth-order valence-electron chi connectivity index (χ4n) is 4.06. The lowest BCUT2D eigenvalue weighted by molar-refractivity contribution is -0.276. The van der Waals surface area contributed by atoms with Crippen molar-refractivity contribution in [1.82, 2.24) is 0 Å². The van der Waals surface area contributed by atoms with Crippen molar-refractivity contribution in [2.45, 2.75) is 51.5 Å². The van der Waals surface area contributed by atoms with Crippen LogP contribution >= 0.6 is 0 Å². The molecule has 1 aromatic heterocycles. The number of aliphatic hydroxyl groups is 1. The van der Waals surface area contributed by atoms with Gasteiger partial charge < -0.3 is 43.8 Å². The first kappa shape index (κ1) is 25.8. The Morgan fingerprint density at radius 1 is 0.919 bits per heavy atom. The molecule has 0 amide bonds. The number of aliphatic hydroxyl groups excluding tert-OH is 1. The van der Waals surface area contributed by atoms with Gasteiger partial charge in [0, 0.05) is 31.5 Å². The topological polar surface area (TPSA) is 182 Å². The summed E-state index contributed by atoms with van der Waals surface area (Å²) in [6.45, 7) is 3.73. The second-order valence-corrected chi connectivity index (χ2v) is 8.44. The Morgan fingerprint density at radius 2 is 1.54 bits per heavy atom. The van der Waals surface area contributed by atoms with Crippen LogP contribution in [0, 0.1) is 0 Å². The second kappa shape index (κ2) is 9.99. The molecule has 1 aliphatic rings. The van der Waals surface area contributed by atoms with Crippen LogP contribution < -0.4 is 10.2 Å². The van der Waals surface area contributed by atoms with E-state index in [4.69, 9.17) is 23.4 Å². The number of hydrogen-bond acceptors (Lipinski definition) is 12. The molecule has 196 valence electrons. The van der Waals surface area contributed by atoms with Gasteiger partial charge in [-0.3, -0.25) is 14.4 Å². The van der Waals surface area contributed by atoms with E-state index in [1.807, 2.05) is 0 Å². The zero-order chi connectivity index (χ0) is 27.0. The molecule has 3 aromatic rings. The number of aromatic hydroxyl groups is 3. The first-order chi connectivity index (χ1) is 17.5. The van der Waals surface area contributed by atoms with Crippen molar-refractivity contribution in [2.75, 3.05) is 0 Å². The molecule has 4 rings (SSSR count). The number of benzene rings is 2. The van der Waals surface area contributed by atoms with Crippen molar-refractivity contribution >= 4 is 22.9 Å². The highest BCUT2D eigenvalue weighted by Crippen LogP contribution is 2.37. The summed E-state index contributed by atoms with van der Waals surface area (Å²) in [6.07, 6.45) is -6.85. The first-order valence-electron chi connectivity index (χ1n) is 11.1. The molecule has 0 aliphatic carbocycles. The third-order valence-electron chi connectivity index (χ3n) is 5.64. The molecular weight excluding hydrogens is 492 g/mol. The Balaban J connectivity index is 1.83. The van der Waals surface area contributed by atoms with E-state index >= 15 is 0 Å². The lowest BCUT2D eigenvalue weighted by atomic mass is 9.99. The number of ether oxygens (including phenoxy) is 4. The van der Waals surface area contributed by atoms with E-state index < -0.39 is 59.6 Å².